The Labute approximate surface area is 204 Å². The molecule has 1 fully saturated rings. The van der Waals surface area contributed by atoms with Gasteiger partial charge >= 0.3 is 7.12 Å². The summed E-state index contributed by atoms with van der Waals surface area (Å²) in [4.78, 5) is 0. The van der Waals surface area contributed by atoms with Crippen LogP contribution in [0.15, 0.2) is 89.3 Å². The molecule has 0 amide bonds. The van der Waals surface area contributed by atoms with Gasteiger partial charge in [0.2, 0.25) is 0 Å². The molecule has 0 spiro atoms. The molecule has 3 heterocycles. The molecule has 172 valence electrons. The molecule has 0 atom stereocenters. The van der Waals surface area contributed by atoms with Crippen LogP contribution in [0.1, 0.15) is 27.7 Å². The highest BCUT2D eigenvalue weighted by Gasteiger charge is 2.51. The number of rotatable bonds is 2. The van der Waals surface area contributed by atoms with Crippen molar-refractivity contribution in [3.63, 3.8) is 0 Å². The molecule has 0 saturated carbocycles. The van der Waals surface area contributed by atoms with Gasteiger partial charge < -0.3 is 18.3 Å². The second-order valence-electron chi connectivity index (χ2n) is 10.5. The largest absolute Gasteiger partial charge is 0.494 e. The number of aromatic nitrogens is 1. The molecule has 1 aliphatic rings. The van der Waals surface area contributed by atoms with Crippen molar-refractivity contribution in [3.05, 3.63) is 84.9 Å². The lowest BCUT2D eigenvalue weighted by atomic mass is 9.78. The van der Waals surface area contributed by atoms with Gasteiger partial charge in [-0.05, 0) is 63.5 Å². The maximum absolute atomic E-state index is 6.47. The number of nitrogens with zero attached hydrogens (tertiary/aromatic N) is 1. The first-order valence-electron chi connectivity index (χ1n) is 12.1. The lowest BCUT2D eigenvalue weighted by molar-refractivity contribution is 0.00578. The number of fused-ring (bicyclic) bond motifs is 7. The van der Waals surface area contributed by atoms with E-state index in [-0.39, 0.29) is 11.2 Å². The molecule has 2 aromatic heterocycles. The Morgan fingerprint density at radius 1 is 0.657 bits per heavy atom. The van der Waals surface area contributed by atoms with Gasteiger partial charge in [0.15, 0.2) is 5.58 Å². The van der Waals surface area contributed by atoms with E-state index < -0.39 is 7.12 Å². The normalized spacial score (nSPS) is 17.3. The zero-order chi connectivity index (χ0) is 23.9. The van der Waals surface area contributed by atoms with Gasteiger partial charge in [-0.2, -0.15) is 0 Å². The van der Waals surface area contributed by atoms with Crippen LogP contribution in [0, 0.1) is 0 Å². The minimum Gasteiger partial charge on any atom is -0.454 e. The van der Waals surface area contributed by atoms with Crippen LogP contribution in [0.2, 0.25) is 0 Å². The Bertz CT molecular complexity index is 1740. The minimum absolute atomic E-state index is 0.384. The summed E-state index contributed by atoms with van der Waals surface area (Å²) in [5, 5.41) is 4.55. The zero-order valence-corrected chi connectivity index (χ0v) is 20.3. The third-order valence-electron chi connectivity index (χ3n) is 7.84. The van der Waals surface area contributed by atoms with Crippen LogP contribution in [0.3, 0.4) is 0 Å². The fraction of sp³-hybridized carbons (Fsp3) is 0.200. The van der Waals surface area contributed by atoms with Crippen LogP contribution in [0.5, 0.6) is 0 Å². The summed E-state index contributed by atoms with van der Waals surface area (Å²) in [6, 6.07) is 29.6. The Balaban J connectivity index is 1.55. The molecule has 1 saturated heterocycles. The highest BCUT2D eigenvalue weighted by atomic mass is 16.7. The zero-order valence-electron chi connectivity index (χ0n) is 20.3. The molecular formula is C30H26BNO3. The summed E-state index contributed by atoms with van der Waals surface area (Å²) in [5.41, 5.74) is 5.36. The van der Waals surface area contributed by atoms with Crippen molar-refractivity contribution in [2.75, 3.05) is 0 Å². The van der Waals surface area contributed by atoms with Crippen LogP contribution in [0.25, 0.3) is 49.4 Å². The second kappa shape index (κ2) is 7.00. The summed E-state index contributed by atoms with van der Waals surface area (Å²) >= 11 is 0. The van der Waals surface area contributed by atoms with Crippen LogP contribution in [-0.2, 0) is 9.31 Å². The summed E-state index contributed by atoms with van der Waals surface area (Å²) in [6.07, 6.45) is 0. The van der Waals surface area contributed by atoms with Gasteiger partial charge in [0.1, 0.15) is 5.58 Å². The average Bonchev–Trinajstić information content (AvgIpc) is 3.46. The van der Waals surface area contributed by atoms with Crippen LogP contribution in [-0.4, -0.2) is 22.9 Å². The van der Waals surface area contributed by atoms with Crippen molar-refractivity contribution in [1.82, 2.24) is 4.57 Å². The first kappa shape index (κ1) is 20.8. The van der Waals surface area contributed by atoms with E-state index in [2.05, 4.69) is 99.0 Å². The molecule has 0 N–H and O–H groups in total. The SMILES string of the molecule is CC1(C)OB(c2ccc3c(c2)c2ccc4c5ccccc5oc4c2n3-c2ccccc2)OC1(C)C. The first-order valence-corrected chi connectivity index (χ1v) is 12.1. The lowest BCUT2D eigenvalue weighted by Crippen LogP contribution is -2.41. The predicted octanol–water partition coefficient (Wildman–Crippen LogP) is 6.98. The summed E-state index contributed by atoms with van der Waals surface area (Å²) in [6.45, 7) is 8.35. The van der Waals surface area contributed by atoms with Crippen LogP contribution < -0.4 is 5.46 Å². The molecule has 5 heteroatoms. The van der Waals surface area contributed by atoms with E-state index >= 15 is 0 Å². The van der Waals surface area contributed by atoms with Crippen LogP contribution >= 0.6 is 0 Å². The van der Waals surface area contributed by atoms with E-state index in [1.165, 1.54) is 0 Å². The maximum Gasteiger partial charge on any atom is 0.494 e. The molecular weight excluding hydrogens is 433 g/mol. The van der Waals surface area contributed by atoms with Crippen LogP contribution in [0.4, 0.5) is 0 Å². The molecule has 4 nitrogen and oxygen atoms in total. The topological polar surface area (TPSA) is 36.5 Å². The Morgan fingerprint density at radius 2 is 1.34 bits per heavy atom. The Kier molecular flexibility index (Phi) is 4.16. The Hall–Kier alpha value is -3.54. The lowest BCUT2D eigenvalue weighted by Gasteiger charge is -2.32. The van der Waals surface area contributed by atoms with Crippen molar-refractivity contribution in [1.29, 1.82) is 0 Å². The molecule has 0 bridgehead atoms. The fourth-order valence-electron chi connectivity index (χ4n) is 5.27. The van der Waals surface area contributed by atoms with Gasteiger partial charge in [0.05, 0.1) is 22.2 Å². The third kappa shape index (κ3) is 2.89. The van der Waals surface area contributed by atoms with E-state index in [4.69, 9.17) is 13.7 Å². The molecule has 0 aliphatic carbocycles. The summed E-state index contributed by atoms with van der Waals surface area (Å²) in [5.74, 6) is 0. The highest BCUT2D eigenvalue weighted by Crippen LogP contribution is 2.41. The number of furan rings is 1. The third-order valence-corrected chi connectivity index (χ3v) is 7.84. The number of benzene rings is 4. The van der Waals surface area contributed by atoms with Crippen molar-refractivity contribution in [2.24, 2.45) is 0 Å². The van der Waals surface area contributed by atoms with E-state index in [0.717, 1.165) is 54.9 Å². The maximum atomic E-state index is 6.47. The quantitative estimate of drug-likeness (QED) is 0.262. The van der Waals surface area contributed by atoms with Gasteiger partial charge in [0, 0.05) is 27.2 Å². The fourth-order valence-corrected chi connectivity index (χ4v) is 5.27. The van der Waals surface area contributed by atoms with Crippen molar-refractivity contribution >= 4 is 56.3 Å². The molecule has 35 heavy (non-hydrogen) atoms. The monoisotopic (exact) mass is 459 g/mol. The van der Waals surface area contributed by atoms with E-state index in [1.807, 2.05) is 18.2 Å². The number of hydrogen-bond acceptors (Lipinski definition) is 3. The number of para-hydroxylation sites is 2. The highest BCUT2D eigenvalue weighted by molar-refractivity contribution is 6.62. The van der Waals surface area contributed by atoms with E-state index in [9.17, 15) is 0 Å². The second-order valence-corrected chi connectivity index (χ2v) is 10.5. The first-order chi connectivity index (χ1) is 16.8. The predicted molar refractivity (Wildman–Crippen MR) is 144 cm³/mol. The van der Waals surface area contributed by atoms with Gasteiger partial charge in [-0.3, -0.25) is 0 Å². The smallest absolute Gasteiger partial charge is 0.454 e. The molecule has 4 aromatic carbocycles. The molecule has 6 aromatic rings. The van der Waals surface area contributed by atoms with E-state index in [1.54, 1.807) is 0 Å². The minimum atomic E-state index is -0.408. The van der Waals surface area contributed by atoms with Crippen molar-refractivity contribution in [2.45, 2.75) is 38.9 Å². The molecule has 0 unspecified atom stereocenters. The molecule has 7 rings (SSSR count). The summed E-state index contributed by atoms with van der Waals surface area (Å²) < 4.78 is 21.5. The summed E-state index contributed by atoms with van der Waals surface area (Å²) in [7, 11) is -0.408. The van der Waals surface area contributed by atoms with Crippen molar-refractivity contribution in [3.8, 4) is 5.69 Å². The van der Waals surface area contributed by atoms with Crippen molar-refractivity contribution < 1.29 is 13.7 Å². The molecule has 1 aliphatic heterocycles. The van der Waals surface area contributed by atoms with Gasteiger partial charge in [-0.25, -0.2) is 0 Å². The Morgan fingerprint density at radius 3 is 2.11 bits per heavy atom. The molecule has 0 radical (unpaired) electrons. The van der Waals surface area contributed by atoms with E-state index in [0.29, 0.717) is 0 Å². The average molecular weight is 459 g/mol. The van der Waals surface area contributed by atoms with Gasteiger partial charge in [-0.1, -0.05) is 54.6 Å². The number of hydrogen-bond donors (Lipinski definition) is 0. The van der Waals surface area contributed by atoms with Gasteiger partial charge in [0.25, 0.3) is 0 Å². The van der Waals surface area contributed by atoms with Gasteiger partial charge in [-0.15, -0.1) is 0 Å². The standard InChI is InChI=1S/C30H26BNO3/c1-29(2)30(3,4)35-31(34-29)19-14-17-25-24(18-19)22-15-16-23-21-12-8-9-13-26(21)33-28(23)27(22)32(25)20-10-6-5-7-11-20/h5-18H,1-4H3.